The zero-order valence-corrected chi connectivity index (χ0v) is 10.7. The van der Waals surface area contributed by atoms with E-state index in [0.717, 1.165) is 15.6 Å². The van der Waals surface area contributed by atoms with Crippen molar-refractivity contribution >= 4 is 21.9 Å². The molecule has 16 heavy (non-hydrogen) atoms. The van der Waals surface area contributed by atoms with Gasteiger partial charge < -0.3 is 15.6 Å². The number of aliphatic carboxylic acids is 1. The van der Waals surface area contributed by atoms with Gasteiger partial charge in [0, 0.05) is 0 Å². The fraction of sp³-hybridized carbons (Fsp3) is 0.364. The van der Waals surface area contributed by atoms with Gasteiger partial charge in [0.25, 0.3) is 0 Å². The fourth-order valence-electron chi connectivity index (χ4n) is 1.41. The number of nitrogens with two attached hydrogens (primary N) is 1. The molecule has 0 radical (unpaired) electrons. The minimum absolute atomic E-state index is 0.277. The molecule has 88 valence electrons. The number of ether oxygens (including phenoxy) is 1. The van der Waals surface area contributed by atoms with Gasteiger partial charge in [0.15, 0.2) is 0 Å². The molecule has 0 fully saturated rings. The second-order valence-electron chi connectivity index (χ2n) is 3.53. The van der Waals surface area contributed by atoms with E-state index in [4.69, 9.17) is 15.6 Å². The molecule has 1 aromatic carbocycles. The lowest BCUT2D eigenvalue weighted by Crippen LogP contribution is -2.32. The van der Waals surface area contributed by atoms with Crippen LogP contribution in [0.1, 0.15) is 11.1 Å². The van der Waals surface area contributed by atoms with Crippen LogP contribution >= 0.6 is 15.9 Å². The quantitative estimate of drug-likeness (QED) is 0.885. The normalized spacial score (nSPS) is 12.2. The molecule has 4 nitrogen and oxygen atoms in total. The summed E-state index contributed by atoms with van der Waals surface area (Å²) in [5.41, 5.74) is 7.38. The molecule has 3 N–H and O–H groups in total. The Bertz CT molecular complexity index is 406. The van der Waals surface area contributed by atoms with Crippen LogP contribution in [0.5, 0.6) is 5.75 Å². The Labute approximate surface area is 103 Å². The van der Waals surface area contributed by atoms with Crippen LogP contribution in [0.25, 0.3) is 0 Å². The van der Waals surface area contributed by atoms with Gasteiger partial charge >= 0.3 is 5.97 Å². The van der Waals surface area contributed by atoms with Crippen molar-refractivity contribution < 1.29 is 14.6 Å². The number of carboxylic acids is 1. The van der Waals surface area contributed by atoms with Gasteiger partial charge in [0.05, 0.1) is 11.6 Å². The Morgan fingerprint density at radius 3 is 2.75 bits per heavy atom. The summed E-state index contributed by atoms with van der Waals surface area (Å²) in [7, 11) is 1.57. The van der Waals surface area contributed by atoms with E-state index in [1.54, 1.807) is 7.11 Å². The number of carboxylic acid groups (broad SMARTS) is 1. The molecule has 1 aromatic rings. The Balaban J connectivity index is 3.07. The highest BCUT2D eigenvalue weighted by Gasteiger charge is 2.17. The van der Waals surface area contributed by atoms with Crippen molar-refractivity contribution in [1.29, 1.82) is 0 Å². The minimum Gasteiger partial charge on any atom is -0.496 e. The second-order valence-corrected chi connectivity index (χ2v) is 4.32. The summed E-state index contributed by atoms with van der Waals surface area (Å²) in [6.07, 6.45) is 0.277. The van der Waals surface area contributed by atoms with Crippen molar-refractivity contribution in [2.24, 2.45) is 5.73 Å². The summed E-state index contributed by atoms with van der Waals surface area (Å²) >= 11 is 3.40. The number of carbonyl (C=O) groups is 1. The number of halogens is 1. The fourth-order valence-corrected chi connectivity index (χ4v) is 2.18. The molecule has 0 amide bonds. The largest absolute Gasteiger partial charge is 0.496 e. The maximum absolute atomic E-state index is 10.7. The van der Waals surface area contributed by atoms with Gasteiger partial charge in [-0.1, -0.05) is 6.07 Å². The van der Waals surface area contributed by atoms with Crippen molar-refractivity contribution in [2.75, 3.05) is 7.11 Å². The van der Waals surface area contributed by atoms with Gasteiger partial charge in [-0.2, -0.15) is 0 Å². The van der Waals surface area contributed by atoms with E-state index in [0.29, 0.717) is 5.75 Å². The Kier molecular flexibility index (Phi) is 4.32. The van der Waals surface area contributed by atoms with E-state index in [1.807, 2.05) is 19.1 Å². The molecule has 0 spiro atoms. The van der Waals surface area contributed by atoms with Gasteiger partial charge in [-0.25, -0.2) is 0 Å². The van der Waals surface area contributed by atoms with E-state index in [9.17, 15) is 4.79 Å². The van der Waals surface area contributed by atoms with Crippen molar-refractivity contribution in [1.82, 2.24) is 0 Å². The summed E-state index contributed by atoms with van der Waals surface area (Å²) in [6, 6.07) is 2.81. The van der Waals surface area contributed by atoms with Crippen LogP contribution in [-0.4, -0.2) is 24.2 Å². The predicted molar refractivity (Wildman–Crippen MR) is 64.7 cm³/mol. The van der Waals surface area contributed by atoms with Crippen molar-refractivity contribution in [3.8, 4) is 5.75 Å². The molecular formula is C11H14BrNO3. The second kappa shape index (κ2) is 5.32. The van der Waals surface area contributed by atoms with Crippen molar-refractivity contribution in [2.45, 2.75) is 19.4 Å². The zero-order chi connectivity index (χ0) is 12.3. The van der Waals surface area contributed by atoms with E-state index in [-0.39, 0.29) is 6.42 Å². The number of hydrogen-bond acceptors (Lipinski definition) is 3. The first-order valence-electron chi connectivity index (χ1n) is 4.77. The SMILES string of the molecule is COc1ccc(C)c(CC(N)C(=O)O)c1Br. The first-order chi connectivity index (χ1) is 7.47. The van der Waals surface area contributed by atoms with Crippen LogP contribution in [0.4, 0.5) is 0 Å². The number of rotatable bonds is 4. The molecule has 0 aromatic heterocycles. The highest BCUT2D eigenvalue weighted by molar-refractivity contribution is 9.10. The number of methoxy groups -OCH3 is 1. The summed E-state index contributed by atoms with van der Waals surface area (Å²) < 4.78 is 5.92. The molecule has 1 unspecified atom stereocenters. The van der Waals surface area contributed by atoms with Gasteiger partial charge in [-0.15, -0.1) is 0 Å². The molecule has 1 rings (SSSR count). The lowest BCUT2D eigenvalue weighted by Gasteiger charge is -2.14. The van der Waals surface area contributed by atoms with Crippen LogP contribution in [0.2, 0.25) is 0 Å². The average molecular weight is 288 g/mol. The average Bonchev–Trinajstić information content (AvgIpc) is 2.24. The van der Waals surface area contributed by atoms with Crippen LogP contribution < -0.4 is 10.5 Å². The van der Waals surface area contributed by atoms with Gasteiger partial charge in [0.2, 0.25) is 0 Å². The van der Waals surface area contributed by atoms with Gasteiger partial charge in [-0.3, -0.25) is 4.79 Å². The molecule has 0 aliphatic rings. The van der Waals surface area contributed by atoms with Gasteiger partial charge in [-0.05, 0) is 46.5 Å². The highest BCUT2D eigenvalue weighted by Crippen LogP contribution is 2.31. The molecular weight excluding hydrogens is 274 g/mol. The molecule has 0 aliphatic carbocycles. The van der Waals surface area contributed by atoms with E-state index in [1.165, 1.54) is 0 Å². The third kappa shape index (κ3) is 2.74. The lowest BCUT2D eigenvalue weighted by molar-refractivity contribution is -0.138. The van der Waals surface area contributed by atoms with Crippen LogP contribution in [0.3, 0.4) is 0 Å². The van der Waals surface area contributed by atoms with Crippen molar-refractivity contribution in [3.63, 3.8) is 0 Å². The lowest BCUT2D eigenvalue weighted by atomic mass is 10.0. The molecule has 5 heteroatoms. The van der Waals surface area contributed by atoms with Crippen LogP contribution in [-0.2, 0) is 11.2 Å². The number of benzene rings is 1. The maximum atomic E-state index is 10.7. The van der Waals surface area contributed by atoms with E-state index < -0.39 is 12.0 Å². The summed E-state index contributed by atoms with van der Waals surface area (Å²) in [4.78, 5) is 10.7. The summed E-state index contributed by atoms with van der Waals surface area (Å²) in [5, 5.41) is 8.78. The van der Waals surface area contributed by atoms with Crippen molar-refractivity contribution in [3.05, 3.63) is 27.7 Å². The zero-order valence-electron chi connectivity index (χ0n) is 9.16. The molecule has 1 atom stereocenters. The predicted octanol–water partition coefficient (Wildman–Crippen LogP) is 1.72. The topological polar surface area (TPSA) is 72.5 Å². The smallest absolute Gasteiger partial charge is 0.320 e. The first kappa shape index (κ1) is 13.0. The molecule has 0 saturated heterocycles. The maximum Gasteiger partial charge on any atom is 0.320 e. The highest BCUT2D eigenvalue weighted by atomic mass is 79.9. The molecule has 0 saturated carbocycles. The number of hydrogen-bond donors (Lipinski definition) is 2. The molecule has 0 bridgehead atoms. The van der Waals surface area contributed by atoms with Gasteiger partial charge in [0.1, 0.15) is 11.8 Å². The van der Waals surface area contributed by atoms with Crippen LogP contribution in [0, 0.1) is 6.92 Å². The third-order valence-electron chi connectivity index (χ3n) is 2.40. The Hall–Kier alpha value is -1.07. The monoisotopic (exact) mass is 287 g/mol. The summed E-state index contributed by atoms with van der Waals surface area (Å²) in [6.45, 7) is 1.91. The third-order valence-corrected chi connectivity index (χ3v) is 3.27. The number of aryl methyl sites for hydroxylation is 1. The van der Waals surface area contributed by atoms with E-state index in [2.05, 4.69) is 15.9 Å². The molecule has 0 aliphatic heterocycles. The standard InChI is InChI=1S/C11H14BrNO3/c1-6-3-4-9(16-2)10(12)7(6)5-8(13)11(14)15/h3-4,8H,5,13H2,1-2H3,(H,14,15). The summed E-state index contributed by atoms with van der Waals surface area (Å²) in [5.74, 6) is -0.327. The minimum atomic E-state index is -1.01. The Morgan fingerprint density at radius 2 is 2.25 bits per heavy atom. The molecule has 0 heterocycles. The first-order valence-corrected chi connectivity index (χ1v) is 5.57. The van der Waals surface area contributed by atoms with E-state index >= 15 is 0 Å². The Morgan fingerprint density at radius 1 is 1.62 bits per heavy atom. The van der Waals surface area contributed by atoms with Crippen LogP contribution in [0.15, 0.2) is 16.6 Å².